The number of likely N-dealkylation sites (tertiary alicyclic amines) is 1. The average molecular weight is 242 g/mol. The van der Waals surface area contributed by atoms with Crippen LogP contribution in [0.1, 0.15) is 47.0 Å². The molecule has 1 saturated heterocycles. The third-order valence-corrected chi connectivity index (χ3v) is 4.14. The normalized spacial score (nSPS) is 29.3. The Kier molecular flexibility index (Phi) is 5.42. The molecule has 102 valence electrons. The highest BCUT2D eigenvalue weighted by Gasteiger charge is 2.27. The van der Waals surface area contributed by atoms with Gasteiger partial charge in [0.15, 0.2) is 0 Å². The summed E-state index contributed by atoms with van der Waals surface area (Å²) in [7, 11) is 1.82. The number of nitrogens with two attached hydrogens (primary N) is 1. The van der Waals surface area contributed by atoms with Crippen LogP contribution in [0.25, 0.3) is 0 Å². The second-order valence-corrected chi connectivity index (χ2v) is 6.53. The molecule has 0 bridgehead atoms. The smallest absolute Gasteiger partial charge is 0.0598 e. The molecular formula is C14H30N2O. The summed E-state index contributed by atoms with van der Waals surface area (Å²) in [5.41, 5.74) is 6.43. The number of methoxy groups -OCH3 is 1. The van der Waals surface area contributed by atoms with Gasteiger partial charge in [-0.25, -0.2) is 0 Å². The van der Waals surface area contributed by atoms with E-state index in [0.29, 0.717) is 12.1 Å². The minimum atomic E-state index is 0.216. The molecule has 1 fully saturated rings. The number of nitrogens with zero attached hydrogens (tertiary/aromatic N) is 1. The third kappa shape index (κ3) is 4.57. The van der Waals surface area contributed by atoms with Crippen molar-refractivity contribution in [2.45, 2.75) is 65.1 Å². The van der Waals surface area contributed by atoms with Crippen LogP contribution in [0.5, 0.6) is 0 Å². The first-order chi connectivity index (χ1) is 7.84. The van der Waals surface area contributed by atoms with Crippen molar-refractivity contribution >= 4 is 0 Å². The van der Waals surface area contributed by atoms with Gasteiger partial charge in [0.25, 0.3) is 0 Å². The van der Waals surface area contributed by atoms with Crippen molar-refractivity contribution in [2.24, 2.45) is 11.1 Å². The zero-order valence-electron chi connectivity index (χ0n) is 12.2. The summed E-state index contributed by atoms with van der Waals surface area (Å²) in [4.78, 5) is 2.56. The van der Waals surface area contributed by atoms with E-state index in [4.69, 9.17) is 10.5 Å². The van der Waals surface area contributed by atoms with E-state index in [1.165, 1.54) is 0 Å². The quantitative estimate of drug-likeness (QED) is 0.822. The summed E-state index contributed by atoms with van der Waals surface area (Å²) < 4.78 is 5.44. The van der Waals surface area contributed by atoms with Gasteiger partial charge in [0, 0.05) is 25.7 Å². The minimum Gasteiger partial charge on any atom is -0.381 e. The molecule has 3 atom stereocenters. The number of rotatable bonds is 4. The van der Waals surface area contributed by atoms with Gasteiger partial charge in [-0.3, -0.25) is 0 Å². The predicted molar refractivity (Wildman–Crippen MR) is 73.1 cm³/mol. The largest absolute Gasteiger partial charge is 0.381 e. The molecule has 2 N–H and O–H groups in total. The zero-order chi connectivity index (χ0) is 13.1. The number of hydrogen-bond acceptors (Lipinski definition) is 3. The van der Waals surface area contributed by atoms with E-state index in [2.05, 4.69) is 32.6 Å². The lowest BCUT2D eigenvalue weighted by Crippen LogP contribution is -2.46. The van der Waals surface area contributed by atoms with Crippen molar-refractivity contribution in [1.82, 2.24) is 4.90 Å². The van der Waals surface area contributed by atoms with E-state index in [-0.39, 0.29) is 11.5 Å². The monoisotopic (exact) mass is 242 g/mol. The Labute approximate surface area is 107 Å². The van der Waals surface area contributed by atoms with Gasteiger partial charge in [-0.2, -0.15) is 0 Å². The molecule has 0 aromatic carbocycles. The molecule has 0 aliphatic carbocycles. The van der Waals surface area contributed by atoms with Crippen LogP contribution in [0.3, 0.4) is 0 Å². The van der Waals surface area contributed by atoms with Gasteiger partial charge in [-0.15, -0.1) is 0 Å². The second-order valence-electron chi connectivity index (χ2n) is 6.53. The van der Waals surface area contributed by atoms with Gasteiger partial charge in [-0.05, 0) is 38.1 Å². The number of ether oxygens (including phenoxy) is 1. The first kappa shape index (κ1) is 14.9. The molecule has 0 aromatic heterocycles. The predicted octanol–water partition coefficient (Wildman–Crippen LogP) is 2.25. The molecule has 1 aliphatic rings. The van der Waals surface area contributed by atoms with Crippen LogP contribution < -0.4 is 5.73 Å². The van der Waals surface area contributed by atoms with E-state index >= 15 is 0 Å². The van der Waals surface area contributed by atoms with E-state index < -0.39 is 0 Å². The molecule has 1 aliphatic heterocycles. The molecule has 0 spiro atoms. The van der Waals surface area contributed by atoms with Gasteiger partial charge in [0.2, 0.25) is 0 Å². The van der Waals surface area contributed by atoms with Gasteiger partial charge in [0.05, 0.1) is 6.10 Å². The highest BCUT2D eigenvalue weighted by molar-refractivity contribution is 4.83. The van der Waals surface area contributed by atoms with Crippen molar-refractivity contribution in [3.8, 4) is 0 Å². The van der Waals surface area contributed by atoms with Crippen molar-refractivity contribution in [3.05, 3.63) is 0 Å². The standard InChI is InChI=1S/C14H30N2O/c1-11-10-12(17-5)6-8-16(11)9-7-13(15)14(2,3)4/h11-13H,6-10,15H2,1-5H3. The number of hydrogen-bond donors (Lipinski definition) is 1. The van der Waals surface area contributed by atoms with Gasteiger partial charge in [-0.1, -0.05) is 20.8 Å². The van der Waals surface area contributed by atoms with E-state index in [1.54, 1.807) is 0 Å². The SMILES string of the molecule is COC1CCN(CCC(N)C(C)(C)C)C(C)C1. The summed E-state index contributed by atoms with van der Waals surface area (Å²) in [6.45, 7) is 11.2. The lowest BCUT2D eigenvalue weighted by atomic mass is 9.85. The maximum absolute atomic E-state index is 6.22. The fourth-order valence-electron chi connectivity index (χ4n) is 2.46. The maximum atomic E-state index is 6.22. The highest BCUT2D eigenvalue weighted by atomic mass is 16.5. The molecule has 0 radical (unpaired) electrons. The van der Waals surface area contributed by atoms with Crippen LogP contribution in [0.15, 0.2) is 0 Å². The molecule has 0 amide bonds. The Morgan fingerprint density at radius 1 is 1.41 bits per heavy atom. The highest BCUT2D eigenvalue weighted by Crippen LogP contribution is 2.23. The molecule has 3 nitrogen and oxygen atoms in total. The van der Waals surface area contributed by atoms with Gasteiger partial charge >= 0.3 is 0 Å². The summed E-state index contributed by atoms with van der Waals surface area (Å²) in [5.74, 6) is 0. The Morgan fingerprint density at radius 2 is 2.06 bits per heavy atom. The van der Waals surface area contributed by atoms with Gasteiger partial charge < -0.3 is 15.4 Å². The van der Waals surface area contributed by atoms with E-state index in [0.717, 1.165) is 32.4 Å². The summed E-state index contributed by atoms with van der Waals surface area (Å²) in [6.07, 6.45) is 3.86. The van der Waals surface area contributed by atoms with Crippen molar-refractivity contribution < 1.29 is 4.74 Å². The van der Waals surface area contributed by atoms with Crippen LogP contribution in [0.2, 0.25) is 0 Å². The minimum absolute atomic E-state index is 0.216. The molecule has 1 heterocycles. The van der Waals surface area contributed by atoms with Gasteiger partial charge in [0.1, 0.15) is 0 Å². The Morgan fingerprint density at radius 3 is 2.53 bits per heavy atom. The Balaban J connectivity index is 2.33. The van der Waals surface area contributed by atoms with Crippen molar-refractivity contribution in [1.29, 1.82) is 0 Å². The molecule has 17 heavy (non-hydrogen) atoms. The zero-order valence-corrected chi connectivity index (χ0v) is 12.2. The number of piperidine rings is 1. The van der Waals surface area contributed by atoms with Crippen molar-refractivity contribution in [2.75, 3.05) is 20.2 Å². The fourth-order valence-corrected chi connectivity index (χ4v) is 2.46. The summed E-state index contributed by atoms with van der Waals surface area (Å²) >= 11 is 0. The summed E-state index contributed by atoms with van der Waals surface area (Å²) in [6, 6.07) is 0.913. The average Bonchev–Trinajstić information content (AvgIpc) is 2.25. The van der Waals surface area contributed by atoms with Crippen LogP contribution >= 0.6 is 0 Å². The molecule has 3 heteroatoms. The van der Waals surface area contributed by atoms with E-state index in [9.17, 15) is 0 Å². The molecular weight excluding hydrogens is 212 g/mol. The van der Waals surface area contributed by atoms with Crippen molar-refractivity contribution in [3.63, 3.8) is 0 Å². The third-order valence-electron chi connectivity index (χ3n) is 4.14. The maximum Gasteiger partial charge on any atom is 0.0598 e. The lowest BCUT2D eigenvalue weighted by molar-refractivity contribution is 0.0140. The molecule has 3 unspecified atom stereocenters. The first-order valence-corrected chi connectivity index (χ1v) is 6.87. The lowest BCUT2D eigenvalue weighted by Gasteiger charge is -2.38. The van der Waals surface area contributed by atoms with Crippen LogP contribution in [-0.4, -0.2) is 43.3 Å². The first-order valence-electron chi connectivity index (χ1n) is 6.87. The van der Waals surface area contributed by atoms with E-state index in [1.807, 2.05) is 7.11 Å². The Bertz CT molecular complexity index is 225. The summed E-state index contributed by atoms with van der Waals surface area (Å²) in [5, 5.41) is 0. The second kappa shape index (κ2) is 6.17. The van der Waals surface area contributed by atoms with Crippen LogP contribution in [0.4, 0.5) is 0 Å². The molecule has 0 aromatic rings. The molecule has 1 rings (SSSR count). The van der Waals surface area contributed by atoms with Crippen LogP contribution in [-0.2, 0) is 4.74 Å². The molecule has 0 saturated carbocycles. The topological polar surface area (TPSA) is 38.5 Å². The Hall–Kier alpha value is -0.120. The fraction of sp³-hybridized carbons (Fsp3) is 1.00. The van der Waals surface area contributed by atoms with Crippen LogP contribution in [0, 0.1) is 5.41 Å².